The van der Waals surface area contributed by atoms with Crippen LogP contribution in [0.3, 0.4) is 0 Å². The van der Waals surface area contributed by atoms with Gasteiger partial charge in [0.1, 0.15) is 5.75 Å². The van der Waals surface area contributed by atoms with E-state index >= 15 is 0 Å². The van der Waals surface area contributed by atoms with Crippen LogP contribution in [0.1, 0.15) is 16.5 Å². The molecule has 1 aromatic carbocycles. The van der Waals surface area contributed by atoms with Gasteiger partial charge in [0.05, 0.1) is 45.4 Å². The highest BCUT2D eigenvalue weighted by molar-refractivity contribution is 7.10. The monoisotopic (exact) mass is 420 g/mol. The maximum Gasteiger partial charge on any atom is 0.295 e. The Balaban J connectivity index is 2.10. The van der Waals surface area contributed by atoms with Gasteiger partial charge < -0.3 is 19.6 Å². The fourth-order valence-electron chi connectivity index (χ4n) is 3.15. The maximum atomic E-state index is 13.2. The smallest absolute Gasteiger partial charge is 0.295 e. The van der Waals surface area contributed by atoms with Crippen molar-refractivity contribution in [2.75, 3.05) is 34.3 Å². The second-order valence-corrected chi connectivity index (χ2v) is 8.18. The number of likely N-dealkylation sites (tertiary alicyclic amines) is 1. The Morgan fingerprint density at radius 3 is 2.64 bits per heavy atom. The van der Waals surface area contributed by atoms with Gasteiger partial charge in [0.2, 0.25) is 5.78 Å². The lowest BCUT2D eigenvalue weighted by atomic mass is 10.00. The van der Waals surface area contributed by atoms with Crippen molar-refractivity contribution >= 4 is 40.4 Å². The number of amides is 1. The summed E-state index contributed by atoms with van der Waals surface area (Å²) in [6, 6.07) is 7.60. The molecule has 1 aliphatic rings. The topological polar surface area (TPSA) is 74.1 Å². The van der Waals surface area contributed by atoms with Crippen LogP contribution in [0.5, 0.6) is 5.75 Å². The van der Waals surface area contributed by atoms with Gasteiger partial charge in [-0.3, -0.25) is 9.59 Å². The molecule has 1 atom stereocenters. The third-order valence-corrected chi connectivity index (χ3v) is 5.83. The summed E-state index contributed by atoms with van der Waals surface area (Å²) < 4.78 is 5.11. The molecule has 148 valence electrons. The molecule has 1 N–H and O–H groups in total. The zero-order valence-electron chi connectivity index (χ0n) is 15.8. The Bertz CT molecular complexity index is 924. The summed E-state index contributed by atoms with van der Waals surface area (Å²) in [5.41, 5.74) is 0.228. The third kappa shape index (κ3) is 3.78. The lowest BCUT2D eigenvalue weighted by Gasteiger charge is -2.26. The van der Waals surface area contributed by atoms with Crippen LogP contribution in [0.4, 0.5) is 0 Å². The van der Waals surface area contributed by atoms with Crippen molar-refractivity contribution in [1.29, 1.82) is 0 Å². The minimum Gasteiger partial charge on any atom is -0.872 e. The summed E-state index contributed by atoms with van der Waals surface area (Å²) in [5, 5.41) is 15.3. The van der Waals surface area contributed by atoms with Crippen LogP contribution in [0.2, 0.25) is 5.02 Å². The molecule has 1 aliphatic heterocycles. The van der Waals surface area contributed by atoms with Crippen molar-refractivity contribution in [1.82, 2.24) is 4.90 Å². The minimum atomic E-state index is -0.746. The minimum absolute atomic E-state index is 0.0255. The molecule has 3 rings (SSSR count). The number of quaternary nitrogens is 1. The molecule has 1 saturated heterocycles. The molecule has 8 heteroatoms. The van der Waals surface area contributed by atoms with E-state index in [9.17, 15) is 14.7 Å². The molecule has 28 heavy (non-hydrogen) atoms. The summed E-state index contributed by atoms with van der Waals surface area (Å²) in [4.78, 5) is 28.9. The number of carbonyl (C=O) groups is 2. The second-order valence-electron chi connectivity index (χ2n) is 6.79. The Kier molecular flexibility index (Phi) is 6.07. The fraction of sp³-hybridized carbons (Fsp3) is 0.300. The van der Waals surface area contributed by atoms with Crippen molar-refractivity contribution in [2.24, 2.45) is 0 Å². The van der Waals surface area contributed by atoms with Crippen molar-refractivity contribution in [3.05, 3.63) is 56.7 Å². The van der Waals surface area contributed by atoms with Crippen molar-refractivity contribution in [3.8, 4) is 5.75 Å². The highest BCUT2D eigenvalue weighted by Crippen LogP contribution is 2.40. The summed E-state index contributed by atoms with van der Waals surface area (Å²) in [6.07, 6.45) is 0. The van der Waals surface area contributed by atoms with Crippen molar-refractivity contribution < 1.29 is 24.3 Å². The highest BCUT2D eigenvalue weighted by Gasteiger charge is 2.44. The molecule has 0 bridgehead atoms. The summed E-state index contributed by atoms with van der Waals surface area (Å²) in [5.74, 6) is -1.44. The molecule has 2 aromatic rings. The summed E-state index contributed by atoms with van der Waals surface area (Å²) >= 11 is 7.56. The van der Waals surface area contributed by atoms with Crippen LogP contribution in [0.15, 0.2) is 41.3 Å². The van der Waals surface area contributed by atoms with Gasteiger partial charge in [-0.1, -0.05) is 29.5 Å². The fourth-order valence-corrected chi connectivity index (χ4v) is 4.25. The molecule has 0 radical (unpaired) electrons. The predicted molar refractivity (Wildman–Crippen MR) is 106 cm³/mol. The standard InChI is InChI=1S/C20H21ClN2O4S/c1-22(2)8-9-23-17(15-5-4-10-28-15)16(19(25)20(23)26)18(24)12-6-7-14(27-3)13(21)11-12/h4-7,10-11,17,24H,8-9H2,1-3H3. The van der Waals surface area contributed by atoms with Gasteiger partial charge in [-0.05, 0) is 29.1 Å². The molecular formula is C20H21ClN2O4S. The lowest BCUT2D eigenvalue weighted by Crippen LogP contribution is -3.06. The van der Waals surface area contributed by atoms with Crippen molar-refractivity contribution in [3.63, 3.8) is 0 Å². The molecule has 2 heterocycles. The molecular weight excluding hydrogens is 400 g/mol. The first kappa shape index (κ1) is 20.4. The van der Waals surface area contributed by atoms with E-state index in [0.29, 0.717) is 18.8 Å². The number of hydrogen-bond acceptors (Lipinski definition) is 5. The van der Waals surface area contributed by atoms with E-state index in [4.69, 9.17) is 16.3 Å². The van der Waals surface area contributed by atoms with Gasteiger partial charge in [-0.2, -0.15) is 0 Å². The Hall–Kier alpha value is -2.35. The van der Waals surface area contributed by atoms with E-state index in [1.165, 1.54) is 29.4 Å². The van der Waals surface area contributed by atoms with Crippen LogP contribution in [0.25, 0.3) is 5.76 Å². The first-order valence-electron chi connectivity index (χ1n) is 8.78. The first-order valence-corrected chi connectivity index (χ1v) is 10.0. The third-order valence-electron chi connectivity index (χ3n) is 4.61. The van der Waals surface area contributed by atoms with Crippen LogP contribution in [-0.4, -0.2) is 50.9 Å². The summed E-state index contributed by atoms with van der Waals surface area (Å²) in [6.45, 7) is 1.05. The van der Waals surface area contributed by atoms with E-state index in [2.05, 4.69) is 0 Å². The van der Waals surface area contributed by atoms with E-state index in [1.807, 2.05) is 31.6 Å². The van der Waals surface area contributed by atoms with E-state index in [-0.39, 0.29) is 16.2 Å². The summed E-state index contributed by atoms with van der Waals surface area (Å²) in [7, 11) is 5.42. The number of thiophene rings is 1. The molecule has 0 spiro atoms. The van der Waals surface area contributed by atoms with Gasteiger partial charge in [0, 0.05) is 10.5 Å². The van der Waals surface area contributed by atoms with Gasteiger partial charge >= 0.3 is 0 Å². The predicted octanol–water partition coefficient (Wildman–Crippen LogP) is 0.779. The van der Waals surface area contributed by atoms with Crippen LogP contribution < -0.4 is 14.7 Å². The molecule has 1 fully saturated rings. The lowest BCUT2D eigenvalue weighted by molar-refractivity contribution is -0.857. The number of benzene rings is 1. The zero-order valence-corrected chi connectivity index (χ0v) is 17.4. The molecule has 1 aromatic heterocycles. The quantitative estimate of drug-likeness (QED) is 0.426. The van der Waals surface area contributed by atoms with Crippen LogP contribution in [-0.2, 0) is 9.59 Å². The van der Waals surface area contributed by atoms with Gasteiger partial charge in [-0.25, -0.2) is 0 Å². The van der Waals surface area contributed by atoms with Crippen LogP contribution >= 0.6 is 22.9 Å². The zero-order chi connectivity index (χ0) is 20.4. The largest absolute Gasteiger partial charge is 0.872 e. The number of Topliss-reactive ketones (excluding diaryl/α,β-unsaturated/α-hetero) is 1. The number of methoxy groups -OCH3 is 1. The van der Waals surface area contributed by atoms with Crippen molar-refractivity contribution in [2.45, 2.75) is 6.04 Å². The molecule has 6 nitrogen and oxygen atoms in total. The Morgan fingerprint density at radius 1 is 1.32 bits per heavy atom. The Labute approximate surface area is 172 Å². The molecule has 0 saturated carbocycles. The molecule has 1 amide bonds. The number of ether oxygens (including phenoxy) is 1. The number of ketones is 1. The number of nitrogens with zero attached hydrogens (tertiary/aromatic N) is 1. The first-order chi connectivity index (χ1) is 13.3. The Morgan fingerprint density at radius 2 is 2.07 bits per heavy atom. The van der Waals surface area contributed by atoms with Gasteiger partial charge in [0.25, 0.3) is 5.91 Å². The van der Waals surface area contributed by atoms with Gasteiger partial charge in [0.15, 0.2) is 0 Å². The van der Waals surface area contributed by atoms with E-state index in [1.54, 1.807) is 12.1 Å². The molecule has 1 unspecified atom stereocenters. The number of likely N-dealkylation sites (N-methyl/N-ethyl adjacent to an activating group) is 1. The number of halogens is 1. The van der Waals surface area contributed by atoms with E-state index in [0.717, 1.165) is 9.78 Å². The van der Waals surface area contributed by atoms with E-state index < -0.39 is 23.5 Å². The van der Waals surface area contributed by atoms with Gasteiger partial charge in [-0.15, -0.1) is 11.3 Å². The SMILES string of the molecule is COc1ccc(C([O-])=C2C(=O)C(=O)N(CC[NH+](C)C)C2c2cccs2)cc1Cl. The molecule has 0 aliphatic carbocycles. The number of rotatable bonds is 6. The average molecular weight is 421 g/mol. The number of nitrogens with one attached hydrogen (secondary N) is 1. The normalized spacial score (nSPS) is 18.9. The number of carbonyl (C=O) groups excluding carboxylic acids is 2. The maximum absolute atomic E-state index is 13.2. The average Bonchev–Trinajstić information content (AvgIpc) is 3.27. The van der Waals surface area contributed by atoms with Crippen LogP contribution in [0, 0.1) is 0 Å². The number of hydrogen-bond donors (Lipinski definition) is 1. The highest BCUT2D eigenvalue weighted by atomic mass is 35.5. The second kappa shape index (κ2) is 8.34.